The summed E-state index contributed by atoms with van der Waals surface area (Å²) in [4.78, 5) is 47.6. The summed E-state index contributed by atoms with van der Waals surface area (Å²) in [6.07, 6.45) is 0. The molecule has 0 saturated heterocycles. The van der Waals surface area contributed by atoms with Crippen molar-refractivity contribution in [2.24, 2.45) is 0 Å². The van der Waals surface area contributed by atoms with E-state index in [0.29, 0.717) is 11.3 Å². The maximum atomic E-state index is 12.5. The zero-order valence-corrected chi connectivity index (χ0v) is 16.9. The van der Waals surface area contributed by atoms with Crippen LogP contribution in [-0.4, -0.2) is 36.3 Å². The lowest BCUT2D eigenvalue weighted by atomic mass is 10.1. The predicted octanol–water partition coefficient (Wildman–Crippen LogP) is 3.90. The predicted molar refractivity (Wildman–Crippen MR) is 115 cm³/mol. The molecular formula is C23H18N2O7. The highest BCUT2D eigenvalue weighted by Crippen LogP contribution is 2.20. The van der Waals surface area contributed by atoms with Gasteiger partial charge in [-0.25, -0.2) is 4.79 Å². The molecule has 0 radical (unpaired) electrons. The van der Waals surface area contributed by atoms with Crippen molar-refractivity contribution in [3.8, 4) is 5.75 Å². The highest BCUT2D eigenvalue weighted by molar-refractivity contribution is 6.08. The number of esters is 1. The van der Waals surface area contributed by atoms with E-state index in [2.05, 4.69) is 5.32 Å². The fraction of sp³-hybridized carbons (Fsp3) is 0.0870. The summed E-state index contributed by atoms with van der Waals surface area (Å²) in [5.74, 6) is -1.25. The van der Waals surface area contributed by atoms with Crippen LogP contribution in [-0.2, 0) is 4.74 Å². The summed E-state index contributed by atoms with van der Waals surface area (Å²) in [5, 5.41) is 13.5. The van der Waals surface area contributed by atoms with E-state index in [9.17, 15) is 24.5 Å². The Hall–Kier alpha value is -4.53. The van der Waals surface area contributed by atoms with Crippen LogP contribution in [0.3, 0.4) is 0 Å². The molecule has 0 unspecified atom stereocenters. The van der Waals surface area contributed by atoms with Gasteiger partial charge in [0.05, 0.1) is 23.3 Å². The van der Waals surface area contributed by atoms with Crippen molar-refractivity contribution in [1.29, 1.82) is 0 Å². The lowest BCUT2D eigenvalue weighted by molar-refractivity contribution is -0.384. The van der Waals surface area contributed by atoms with E-state index in [4.69, 9.17) is 9.47 Å². The Balaban J connectivity index is 1.69. The molecule has 3 aromatic rings. The van der Waals surface area contributed by atoms with Crippen LogP contribution in [0.5, 0.6) is 5.75 Å². The number of non-ortho nitro benzene ring substituents is 1. The number of ether oxygens (including phenoxy) is 2. The molecule has 162 valence electrons. The highest BCUT2D eigenvalue weighted by Gasteiger charge is 2.18. The van der Waals surface area contributed by atoms with E-state index in [1.54, 1.807) is 36.4 Å². The Morgan fingerprint density at radius 1 is 0.938 bits per heavy atom. The van der Waals surface area contributed by atoms with Gasteiger partial charge >= 0.3 is 5.97 Å². The van der Waals surface area contributed by atoms with Crippen molar-refractivity contribution in [1.82, 2.24) is 0 Å². The van der Waals surface area contributed by atoms with Crippen LogP contribution < -0.4 is 10.1 Å². The van der Waals surface area contributed by atoms with E-state index >= 15 is 0 Å². The number of Topliss-reactive ketones (excluding diaryl/α,β-unsaturated/α-hetero) is 1. The number of anilines is 1. The van der Waals surface area contributed by atoms with Crippen molar-refractivity contribution in [3.05, 3.63) is 99.6 Å². The van der Waals surface area contributed by atoms with Crippen LogP contribution in [0.25, 0.3) is 0 Å². The number of benzene rings is 3. The summed E-state index contributed by atoms with van der Waals surface area (Å²) in [5.41, 5.74) is 0.352. The summed E-state index contributed by atoms with van der Waals surface area (Å²) in [6, 6.07) is 17.6. The van der Waals surface area contributed by atoms with Gasteiger partial charge in [-0.05, 0) is 42.5 Å². The third-order valence-electron chi connectivity index (χ3n) is 4.46. The minimum atomic E-state index is -0.804. The Bertz CT molecular complexity index is 1170. The average molecular weight is 434 g/mol. The highest BCUT2D eigenvalue weighted by atomic mass is 16.6. The maximum absolute atomic E-state index is 12.5. The van der Waals surface area contributed by atoms with Crippen LogP contribution in [0.1, 0.15) is 31.1 Å². The van der Waals surface area contributed by atoms with E-state index in [-0.39, 0.29) is 22.5 Å². The number of ketones is 1. The Morgan fingerprint density at radius 2 is 1.66 bits per heavy atom. The Kier molecular flexibility index (Phi) is 6.92. The van der Waals surface area contributed by atoms with Crippen LogP contribution in [0.4, 0.5) is 11.4 Å². The molecule has 0 atom stereocenters. The first kappa shape index (κ1) is 22.2. The molecule has 9 nitrogen and oxygen atoms in total. The van der Waals surface area contributed by atoms with Crippen molar-refractivity contribution < 1.29 is 28.8 Å². The van der Waals surface area contributed by atoms with E-state index < -0.39 is 29.2 Å². The number of hydrogen-bond donors (Lipinski definition) is 1. The molecule has 3 rings (SSSR count). The molecule has 0 bridgehead atoms. The average Bonchev–Trinajstić information content (AvgIpc) is 2.82. The largest absolute Gasteiger partial charge is 0.497 e. The molecule has 0 aliphatic carbocycles. The number of methoxy groups -OCH3 is 1. The number of carbonyl (C=O) groups is 3. The molecule has 9 heteroatoms. The first-order chi connectivity index (χ1) is 15.4. The van der Waals surface area contributed by atoms with Gasteiger partial charge in [-0.2, -0.15) is 0 Å². The lowest BCUT2D eigenvalue weighted by Gasteiger charge is -2.11. The fourth-order valence-electron chi connectivity index (χ4n) is 2.79. The molecule has 1 amide bonds. The molecular weight excluding hydrogens is 416 g/mol. The normalized spacial score (nSPS) is 10.2. The van der Waals surface area contributed by atoms with Crippen molar-refractivity contribution in [2.75, 3.05) is 19.0 Å². The molecule has 1 N–H and O–H groups in total. The molecule has 3 aromatic carbocycles. The van der Waals surface area contributed by atoms with E-state index in [0.717, 1.165) is 6.07 Å². The number of nitro groups is 1. The SMILES string of the molecule is COc1ccc(C(=O)COC(=O)c2ccccc2NC(=O)c2cccc([N+](=O)[O-])c2)cc1. The van der Waals surface area contributed by atoms with Crippen LogP contribution in [0.15, 0.2) is 72.8 Å². The second-order valence-electron chi connectivity index (χ2n) is 6.53. The smallest absolute Gasteiger partial charge is 0.340 e. The minimum Gasteiger partial charge on any atom is -0.497 e. The first-order valence-corrected chi connectivity index (χ1v) is 9.38. The van der Waals surface area contributed by atoms with Crippen LogP contribution in [0, 0.1) is 10.1 Å². The Labute approximate surface area is 182 Å². The van der Waals surface area contributed by atoms with Gasteiger partial charge in [-0.1, -0.05) is 18.2 Å². The van der Waals surface area contributed by atoms with E-state index in [1.807, 2.05) is 0 Å². The van der Waals surface area contributed by atoms with Gasteiger partial charge in [0.2, 0.25) is 0 Å². The molecule has 0 spiro atoms. The summed E-state index contributed by atoms with van der Waals surface area (Å²) in [6.45, 7) is -0.488. The number of amides is 1. The number of rotatable bonds is 8. The monoisotopic (exact) mass is 434 g/mol. The lowest BCUT2D eigenvalue weighted by Crippen LogP contribution is -2.18. The van der Waals surface area contributed by atoms with Crippen molar-refractivity contribution in [2.45, 2.75) is 0 Å². The van der Waals surface area contributed by atoms with Gasteiger partial charge in [0.25, 0.3) is 11.6 Å². The summed E-state index contributed by atoms with van der Waals surface area (Å²) < 4.78 is 10.2. The third kappa shape index (κ3) is 5.33. The van der Waals surface area contributed by atoms with Crippen LogP contribution in [0.2, 0.25) is 0 Å². The van der Waals surface area contributed by atoms with Gasteiger partial charge in [0, 0.05) is 23.3 Å². The molecule has 32 heavy (non-hydrogen) atoms. The number of carbonyl (C=O) groups excluding carboxylic acids is 3. The number of nitro benzene ring substituents is 1. The second kappa shape index (κ2) is 9.98. The molecule has 0 fully saturated rings. The quantitative estimate of drug-likeness (QED) is 0.247. The molecule has 0 aromatic heterocycles. The van der Waals surface area contributed by atoms with Crippen molar-refractivity contribution >= 4 is 29.0 Å². The first-order valence-electron chi connectivity index (χ1n) is 9.38. The summed E-state index contributed by atoms with van der Waals surface area (Å²) in [7, 11) is 1.51. The van der Waals surface area contributed by atoms with E-state index in [1.165, 1.54) is 37.4 Å². The zero-order valence-electron chi connectivity index (χ0n) is 16.9. The van der Waals surface area contributed by atoms with Crippen LogP contribution >= 0.6 is 0 Å². The molecule has 0 saturated carbocycles. The topological polar surface area (TPSA) is 125 Å². The fourth-order valence-corrected chi connectivity index (χ4v) is 2.79. The Morgan fingerprint density at radius 3 is 2.34 bits per heavy atom. The summed E-state index contributed by atoms with van der Waals surface area (Å²) >= 11 is 0. The number of nitrogens with zero attached hydrogens (tertiary/aromatic N) is 1. The molecule has 0 heterocycles. The maximum Gasteiger partial charge on any atom is 0.340 e. The molecule has 0 aliphatic rings. The number of hydrogen-bond acceptors (Lipinski definition) is 7. The van der Waals surface area contributed by atoms with Gasteiger partial charge in [-0.15, -0.1) is 0 Å². The van der Waals surface area contributed by atoms with Gasteiger partial charge < -0.3 is 14.8 Å². The number of nitrogens with one attached hydrogen (secondary N) is 1. The second-order valence-corrected chi connectivity index (χ2v) is 6.53. The molecule has 0 aliphatic heterocycles. The minimum absolute atomic E-state index is 0.0359. The standard InChI is InChI=1S/C23H18N2O7/c1-31-18-11-9-15(10-12-18)21(26)14-32-23(28)19-7-2-3-8-20(19)24-22(27)16-5-4-6-17(13-16)25(29)30/h2-13H,14H2,1H3,(H,24,27). The number of para-hydroxylation sites is 1. The zero-order chi connectivity index (χ0) is 23.1. The van der Waals surface area contributed by atoms with Crippen molar-refractivity contribution in [3.63, 3.8) is 0 Å². The third-order valence-corrected chi connectivity index (χ3v) is 4.46. The van der Waals surface area contributed by atoms with Gasteiger partial charge in [-0.3, -0.25) is 19.7 Å². The van der Waals surface area contributed by atoms with Gasteiger partial charge in [0.15, 0.2) is 12.4 Å². The van der Waals surface area contributed by atoms with Gasteiger partial charge in [0.1, 0.15) is 5.75 Å².